The third-order valence-corrected chi connectivity index (χ3v) is 4.43. The molecule has 1 aliphatic rings. The van der Waals surface area contributed by atoms with E-state index in [2.05, 4.69) is 5.32 Å². The first-order valence-electron chi connectivity index (χ1n) is 6.40. The third-order valence-electron chi connectivity index (χ3n) is 3.07. The lowest BCUT2D eigenvalue weighted by molar-refractivity contribution is -0.118. The molecule has 3 rings (SSSR count). The van der Waals surface area contributed by atoms with Crippen LogP contribution in [0.1, 0.15) is 0 Å². The van der Waals surface area contributed by atoms with Gasteiger partial charge < -0.3 is 10.1 Å². The van der Waals surface area contributed by atoms with Gasteiger partial charge in [-0.05, 0) is 30.3 Å². The van der Waals surface area contributed by atoms with E-state index in [0.29, 0.717) is 5.75 Å². The molecule has 0 spiro atoms. The summed E-state index contributed by atoms with van der Waals surface area (Å²) >= 11 is 0. The minimum absolute atomic E-state index is 0.161. The molecule has 2 N–H and O–H groups in total. The molecule has 23 heavy (non-hydrogen) atoms. The highest BCUT2D eigenvalue weighted by atomic mass is 32.2. The number of benzene rings is 2. The molecule has 1 amide bonds. The Morgan fingerprint density at radius 2 is 1.91 bits per heavy atom. The number of carbonyl (C=O) groups is 1. The average Bonchev–Trinajstić information content (AvgIpc) is 2.50. The molecule has 1 aliphatic heterocycles. The van der Waals surface area contributed by atoms with E-state index in [1.807, 2.05) is 4.72 Å². The summed E-state index contributed by atoms with van der Waals surface area (Å²) < 4.78 is 58.3. The number of hydrogen-bond acceptors (Lipinski definition) is 4. The summed E-state index contributed by atoms with van der Waals surface area (Å²) in [6, 6.07) is 6.19. The van der Waals surface area contributed by atoms with Crippen molar-refractivity contribution in [3.8, 4) is 5.75 Å². The molecule has 1 heterocycles. The van der Waals surface area contributed by atoms with Gasteiger partial charge >= 0.3 is 0 Å². The van der Waals surface area contributed by atoms with Gasteiger partial charge in [0.2, 0.25) is 0 Å². The molecule has 0 fully saturated rings. The van der Waals surface area contributed by atoms with Gasteiger partial charge in [0.1, 0.15) is 17.4 Å². The first-order chi connectivity index (χ1) is 10.8. The van der Waals surface area contributed by atoms with Crippen molar-refractivity contribution in [2.45, 2.75) is 4.90 Å². The van der Waals surface area contributed by atoms with Crippen LogP contribution in [0, 0.1) is 11.6 Å². The minimum Gasteiger partial charge on any atom is -0.482 e. The molecule has 0 radical (unpaired) electrons. The molecular weight excluding hydrogens is 330 g/mol. The minimum atomic E-state index is -4.17. The van der Waals surface area contributed by atoms with E-state index in [0.717, 1.165) is 18.2 Å². The maximum Gasteiger partial charge on any atom is 0.262 e. The van der Waals surface area contributed by atoms with Crippen LogP contribution in [0.5, 0.6) is 5.75 Å². The average molecular weight is 340 g/mol. The topological polar surface area (TPSA) is 84.5 Å². The molecule has 2 aromatic carbocycles. The molecule has 9 heteroatoms. The van der Waals surface area contributed by atoms with Crippen molar-refractivity contribution in [3.63, 3.8) is 0 Å². The molecule has 0 bridgehead atoms. The second-order valence-corrected chi connectivity index (χ2v) is 6.41. The number of sulfonamides is 1. The molecule has 2 aromatic rings. The molecule has 120 valence electrons. The molecule has 0 saturated heterocycles. The number of fused-ring (bicyclic) bond motifs is 1. The fourth-order valence-electron chi connectivity index (χ4n) is 2.01. The Morgan fingerprint density at radius 1 is 1.13 bits per heavy atom. The van der Waals surface area contributed by atoms with Crippen molar-refractivity contribution in [2.75, 3.05) is 16.6 Å². The van der Waals surface area contributed by atoms with E-state index in [9.17, 15) is 22.0 Å². The normalized spacial score (nSPS) is 13.7. The highest BCUT2D eigenvalue weighted by molar-refractivity contribution is 7.92. The van der Waals surface area contributed by atoms with Gasteiger partial charge in [0.05, 0.1) is 16.3 Å². The van der Waals surface area contributed by atoms with E-state index in [1.165, 1.54) is 18.2 Å². The lowest BCUT2D eigenvalue weighted by atomic mass is 10.2. The van der Waals surface area contributed by atoms with Crippen molar-refractivity contribution >= 4 is 27.3 Å². The monoisotopic (exact) mass is 340 g/mol. The fraction of sp³-hybridized carbons (Fsp3) is 0.0714. The van der Waals surface area contributed by atoms with Crippen molar-refractivity contribution in [2.24, 2.45) is 0 Å². The molecule has 0 saturated carbocycles. The standard InChI is InChI=1S/C14H10F2N2O4S/c15-8-1-3-10(16)11(5-8)18-23(20,21)9-2-4-13-12(6-9)17-14(19)7-22-13/h1-6,18H,7H2,(H,17,19). The van der Waals surface area contributed by atoms with Crippen LogP contribution in [0.15, 0.2) is 41.3 Å². The van der Waals surface area contributed by atoms with Gasteiger partial charge in [0, 0.05) is 6.07 Å². The van der Waals surface area contributed by atoms with Crippen molar-refractivity contribution in [1.82, 2.24) is 0 Å². The van der Waals surface area contributed by atoms with Gasteiger partial charge in [-0.15, -0.1) is 0 Å². The highest BCUT2D eigenvalue weighted by Gasteiger charge is 2.22. The van der Waals surface area contributed by atoms with Gasteiger partial charge in [0.25, 0.3) is 15.9 Å². The van der Waals surface area contributed by atoms with Crippen LogP contribution in [-0.4, -0.2) is 20.9 Å². The summed E-state index contributed by atoms with van der Waals surface area (Å²) in [7, 11) is -4.17. The van der Waals surface area contributed by atoms with E-state index >= 15 is 0 Å². The molecule has 6 nitrogen and oxygen atoms in total. The number of ether oxygens (including phenoxy) is 1. The van der Waals surface area contributed by atoms with Crippen LogP contribution in [-0.2, 0) is 14.8 Å². The summed E-state index contributed by atoms with van der Waals surface area (Å²) in [6.45, 7) is -0.161. The summed E-state index contributed by atoms with van der Waals surface area (Å²) in [5.41, 5.74) is -0.327. The van der Waals surface area contributed by atoms with E-state index < -0.39 is 33.3 Å². The van der Waals surface area contributed by atoms with E-state index in [4.69, 9.17) is 4.74 Å². The van der Waals surface area contributed by atoms with Crippen LogP contribution >= 0.6 is 0 Å². The largest absolute Gasteiger partial charge is 0.482 e. The lowest BCUT2D eigenvalue weighted by Gasteiger charge is -2.18. The second kappa shape index (κ2) is 5.51. The predicted octanol–water partition coefficient (Wildman–Crippen LogP) is 2.10. The highest BCUT2D eigenvalue weighted by Crippen LogP contribution is 2.31. The molecular formula is C14H10F2N2O4S. The Bertz CT molecular complexity index is 900. The van der Waals surface area contributed by atoms with Crippen LogP contribution in [0.3, 0.4) is 0 Å². The van der Waals surface area contributed by atoms with Crippen molar-refractivity contribution in [1.29, 1.82) is 0 Å². The Morgan fingerprint density at radius 3 is 2.70 bits per heavy atom. The Kier molecular flexibility index (Phi) is 3.64. The molecule has 0 aliphatic carbocycles. The Labute approximate surface area is 130 Å². The number of hydrogen-bond donors (Lipinski definition) is 2. The summed E-state index contributed by atoms with van der Waals surface area (Å²) in [5.74, 6) is -1.79. The quantitative estimate of drug-likeness (QED) is 0.896. The van der Waals surface area contributed by atoms with Gasteiger partial charge in [-0.2, -0.15) is 0 Å². The molecule has 0 aromatic heterocycles. The maximum absolute atomic E-state index is 13.6. The molecule has 0 unspecified atom stereocenters. The van der Waals surface area contributed by atoms with Crippen LogP contribution in [0.25, 0.3) is 0 Å². The molecule has 0 atom stereocenters. The number of carbonyl (C=O) groups excluding carboxylic acids is 1. The van der Waals surface area contributed by atoms with Gasteiger partial charge in [-0.25, -0.2) is 17.2 Å². The third kappa shape index (κ3) is 3.09. The van der Waals surface area contributed by atoms with Crippen molar-refractivity contribution < 1.29 is 26.7 Å². The smallest absolute Gasteiger partial charge is 0.262 e. The number of anilines is 2. The van der Waals surface area contributed by atoms with Crippen molar-refractivity contribution in [3.05, 3.63) is 48.0 Å². The Hall–Kier alpha value is -2.68. The van der Waals surface area contributed by atoms with E-state index in [-0.39, 0.29) is 17.2 Å². The first-order valence-corrected chi connectivity index (χ1v) is 7.88. The number of halogens is 2. The maximum atomic E-state index is 13.6. The van der Waals surface area contributed by atoms with Gasteiger partial charge in [-0.1, -0.05) is 0 Å². The summed E-state index contributed by atoms with van der Waals surface area (Å²) in [6.07, 6.45) is 0. The number of nitrogens with one attached hydrogen (secondary N) is 2. The van der Waals surface area contributed by atoms with E-state index in [1.54, 1.807) is 0 Å². The van der Waals surface area contributed by atoms with Crippen LogP contribution < -0.4 is 14.8 Å². The zero-order valence-electron chi connectivity index (χ0n) is 11.5. The van der Waals surface area contributed by atoms with Crippen LogP contribution in [0.2, 0.25) is 0 Å². The predicted molar refractivity (Wildman–Crippen MR) is 77.7 cm³/mol. The summed E-state index contributed by atoms with van der Waals surface area (Å²) in [4.78, 5) is 11.0. The Balaban J connectivity index is 1.95. The number of rotatable bonds is 3. The van der Waals surface area contributed by atoms with Crippen LogP contribution in [0.4, 0.5) is 20.2 Å². The zero-order chi connectivity index (χ0) is 16.6. The fourth-order valence-corrected chi connectivity index (χ4v) is 3.09. The lowest BCUT2D eigenvalue weighted by Crippen LogP contribution is -2.25. The first kappa shape index (κ1) is 15.2. The SMILES string of the molecule is O=C1COc2ccc(S(=O)(=O)Nc3cc(F)ccc3F)cc2N1. The van der Waals surface area contributed by atoms with Gasteiger partial charge in [-0.3, -0.25) is 9.52 Å². The zero-order valence-corrected chi connectivity index (χ0v) is 12.3. The summed E-state index contributed by atoms with van der Waals surface area (Å²) in [5, 5.41) is 2.47. The number of amides is 1. The second-order valence-electron chi connectivity index (χ2n) is 4.72. The van der Waals surface area contributed by atoms with Gasteiger partial charge in [0.15, 0.2) is 6.61 Å².